The first-order valence-corrected chi connectivity index (χ1v) is 6.33. The van der Waals surface area contributed by atoms with Crippen LogP contribution in [0.25, 0.3) is 0 Å². The Kier molecular flexibility index (Phi) is 6.32. The zero-order valence-corrected chi connectivity index (χ0v) is 11.8. The average Bonchev–Trinajstić information content (AvgIpc) is 2.34. The van der Waals surface area contributed by atoms with Gasteiger partial charge in [-0.1, -0.05) is 0 Å². The summed E-state index contributed by atoms with van der Waals surface area (Å²) in [6.45, 7) is 2.42. The Morgan fingerprint density at radius 1 is 1.29 bits per heavy atom. The summed E-state index contributed by atoms with van der Waals surface area (Å²) in [4.78, 5) is 0. The van der Waals surface area contributed by atoms with Crippen molar-refractivity contribution in [3.05, 3.63) is 22.2 Å². The minimum Gasteiger partial charge on any atom is -0.493 e. The van der Waals surface area contributed by atoms with Gasteiger partial charge in [0.05, 0.1) is 18.7 Å². The Morgan fingerprint density at radius 3 is 2.65 bits per heavy atom. The van der Waals surface area contributed by atoms with Crippen LogP contribution in [0.4, 0.5) is 0 Å². The van der Waals surface area contributed by atoms with Gasteiger partial charge in [-0.25, -0.2) is 0 Å². The van der Waals surface area contributed by atoms with E-state index in [1.165, 1.54) is 0 Å². The summed E-state index contributed by atoms with van der Waals surface area (Å²) in [6.07, 6.45) is 0.981. The predicted octanol–water partition coefficient (Wildman–Crippen LogP) is 1.90. The lowest BCUT2D eigenvalue weighted by molar-refractivity contribution is 0.352. The Labute approximate surface area is 111 Å². The molecule has 0 bridgehead atoms. The largest absolute Gasteiger partial charge is 0.493 e. The van der Waals surface area contributed by atoms with Gasteiger partial charge in [0.1, 0.15) is 0 Å². The fourth-order valence-corrected chi connectivity index (χ4v) is 2.18. The lowest BCUT2D eigenvalue weighted by Gasteiger charge is -2.12. The van der Waals surface area contributed by atoms with Crippen LogP contribution >= 0.6 is 15.9 Å². The number of nitrogens with two attached hydrogens (primary N) is 1. The van der Waals surface area contributed by atoms with Gasteiger partial charge in [-0.2, -0.15) is 0 Å². The molecule has 0 fully saturated rings. The summed E-state index contributed by atoms with van der Waals surface area (Å²) < 4.78 is 11.4. The molecule has 0 saturated heterocycles. The maximum Gasteiger partial charge on any atom is 0.174 e. The third kappa shape index (κ3) is 4.18. The monoisotopic (exact) mass is 302 g/mol. The normalized spacial score (nSPS) is 10.4. The number of rotatable bonds is 7. The minimum atomic E-state index is 0.711. The van der Waals surface area contributed by atoms with Gasteiger partial charge in [0.2, 0.25) is 0 Å². The van der Waals surface area contributed by atoms with Crippen LogP contribution in [0.3, 0.4) is 0 Å². The molecule has 0 saturated carbocycles. The number of methoxy groups -OCH3 is 2. The van der Waals surface area contributed by atoms with Gasteiger partial charge < -0.3 is 20.5 Å². The summed E-state index contributed by atoms with van der Waals surface area (Å²) in [5.74, 6) is 1.45. The molecular formula is C12H19BrN2O2. The Balaban J connectivity index is 2.70. The van der Waals surface area contributed by atoms with Crippen molar-refractivity contribution < 1.29 is 9.47 Å². The maximum absolute atomic E-state index is 5.43. The Hall–Kier alpha value is -0.780. The zero-order valence-electron chi connectivity index (χ0n) is 10.3. The van der Waals surface area contributed by atoms with E-state index in [2.05, 4.69) is 21.2 Å². The Morgan fingerprint density at radius 2 is 2.06 bits per heavy atom. The van der Waals surface area contributed by atoms with E-state index in [-0.39, 0.29) is 0 Å². The molecule has 4 nitrogen and oxygen atoms in total. The van der Waals surface area contributed by atoms with Gasteiger partial charge >= 0.3 is 0 Å². The number of hydrogen-bond acceptors (Lipinski definition) is 4. The third-order valence-electron chi connectivity index (χ3n) is 2.38. The van der Waals surface area contributed by atoms with E-state index in [1.807, 2.05) is 12.1 Å². The van der Waals surface area contributed by atoms with Crippen molar-refractivity contribution in [2.75, 3.05) is 27.3 Å². The van der Waals surface area contributed by atoms with E-state index in [0.717, 1.165) is 41.0 Å². The minimum absolute atomic E-state index is 0.711. The van der Waals surface area contributed by atoms with Crippen LogP contribution in [-0.4, -0.2) is 27.3 Å². The second-order valence-electron chi connectivity index (χ2n) is 3.63. The van der Waals surface area contributed by atoms with Gasteiger partial charge in [0.15, 0.2) is 11.5 Å². The first-order valence-electron chi connectivity index (χ1n) is 5.54. The quantitative estimate of drug-likeness (QED) is 0.756. The standard InChI is InChI=1S/C12H19BrN2O2/c1-16-11-7-9(8-15-5-3-4-14)6-10(13)12(11)17-2/h6-7,15H,3-5,8,14H2,1-2H3. The number of benzene rings is 1. The van der Waals surface area contributed by atoms with Crippen LogP contribution in [0.5, 0.6) is 11.5 Å². The molecule has 3 N–H and O–H groups in total. The molecule has 1 rings (SSSR count). The fourth-order valence-electron chi connectivity index (χ4n) is 1.53. The summed E-state index contributed by atoms with van der Waals surface area (Å²) >= 11 is 3.47. The van der Waals surface area contributed by atoms with Crippen molar-refractivity contribution in [3.8, 4) is 11.5 Å². The van der Waals surface area contributed by atoms with E-state index in [9.17, 15) is 0 Å². The van der Waals surface area contributed by atoms with Gasteiger partial charge in [0, 0.05) is 6.54 Å². The van der Waals surface area contributed by atoms with Crippen LogP contribution < -0.4 is 20.5 Å². The molecule has 0 amide bonds. The molecule has 5 heteroatoms. The summed E-state index contributed by atoms with van der Waals surface area (Å²) in [5.41, 5.74) is 6.58. The van der Waals surface area contributed by atoms with Crippen molar-refractivity contribution >= 4 is 15.9 Å². The van der Waals surface area contributed by atoms with Crippen LogP contribution in [0.1, 0.15) is 12.0 Å². The molecular weight excluding hydrogens is 284 g/mol. The smallest absolute Gasteiger partial charge is 0.174 e. The van der Waals surface area contributed by atoms with Gasteiger partial charge in [-0.3, -0.25) is 0 Å². The fraction of sp³-hybridized carbons (Fsp3) is 0.500. The Bertz CT molecular complexity index is 359. The molecule has 0 atom stereocenters. The predicted molar refractivity (Wildman–Crippen MR) is 72.6 cm³/mol. The molecule has 96 valence electrons. The third-order valence-corrected chi connectivity index (χ3v) is 2.97. The molecule has 17 heavy (non-hydrogen) atoms. The van der Waals surface area contributed by atoms with Crippen LogP contribution in [-0.2, 0) is 6.54 Å². The zero-order chi connectivity index (χ0) is 12.7. The highest BCUT2D eigenvalue weighted by atomic mass is 79.9. The maximum atomic E-state index is 5.43. The van der Waals surface area contributed by atoms with Crippen molar-refractivity contribution in [2.45, 2.75) is 13.0 Å². The molecule has 0 heterocycles. The van der Waals surface area contributed by atoms with Crippen LogP contribution in [0.2, 0.25) is 0 Å². The first-order chi connectivity index (χ1) is 8.22. The van der Waals surface area contributed by atoms with Crippen molar-refractivity contribution in [3.63, 3.8) is 0 Å². The molecule has 0 aliphatic heterocycles. The number of halogens is 1. The second kappa shape index (κ2) is 7.53. The van der Waals surface area contributed by atoms with Crippen LogP contribution in [0.15, 0.2) is 16.6 Å². The first kappa shape index (κ1) is 14.3. The number of nitrogens with one attached hydrogen (secondary N) is 1. The van der Waals surface area contributed by atoms with E-state index >= 15 is 0 Å². The molecule has 0 aliphatic carbocycles. The SMILES string of the molecule is COc1cc(CNCCCN)cc(Br)c1OC. The molecule has 0 unspecified atom stereocenters. The molecule has 0 radical (unpaired) electrons. The number of hydrogen-bond donors (Lipinski definition) is 2. The number of ether oxygens (including phenoxy) is 2. The van der Waals surface area contributed by atoms with E-state index in [1.54, 1.807) is 14.2 Å². The second-order valence-corrected chi connectivity index (χ2v) is 4.49. The molecule has 0 aromatic heterocycles. The molecule has 0 aliphatic rings. The van der Waals surface area contributed by atoms with Gasteiger partial charge in [-0.15, -0.1) is 0 Å². The highest BCUT2D eigenvalue weighted by Gasteiger charge is 2.09. The van der Waals surface area contributed by atoms with E-state index in [0.29, 0.717) is 6.54 Å². The highest BCUT2D eigenvalue weighted by Crippen LogP contribution is 2.36. The van der Waals surface area contributed by atoms with Crippen molar-refractivity contribution in [2.24, 2.45) is 5.73 Å². The molecule has 1 aromatic rings. The van der Waals surface area contributed by atoms with Crippen molar-refractivity contribution in [1.82, 2.24) is 5.32 Å². The average molecular weight is 303 g/mol. The highest BCUT2D eigenvalue weighted by molar-refractivity contribution is 9.10. The lowest BCUT2D eigenvalue weighted by atomic mass is 10.2. The van der Waals surface area contributed by atoms with E-state index in [4.69, 9.17) is 15.2 Å². The van der Waals surface area contributed by atoms with Gasteiger partial charge in [0.25, 0.3) is 0 Å². The summed E-state index contributed by atoms with van der Waals surface area (Å²) in [7, 11) is 3.26. The van der Waals surface area contributed by atoms with Gasteiger partial charge in [-0.05, 0) is 53.1 Å². The van der Waals surface area contributed by atoms with Crippen molar-refractivity contribution in [1.29, 1.82) is 0 Å². The molecule has 1 aromatic carbocycles. The van der Waals surface area contributed by atoms with Crippen LogP contribution in [0, 0.1) is 0 Å². The van der Waals surface area contributed by atoms with E-state index < -0.39 is 0 Å². The lowest BCUT2D eigenvalue weighted by Crippen LogP contribution is -2.17. The summed E-state index contributed by atoms with van der Waals surface area (Å²) in [6, 6.07) is 4.00. The topological polar surface area (TPSA) is 56.5 Å². The summed E-state index contributed by atoms with van der Waals surface area (Å²) in [5, 5.41) is 3.32. The molecule has 0 spiro atoms.